The minimum Gasteiger partial charge on any atom is -0.364 e. The zero-order valence-corrected chi connectivity index (χ0v) is 16.5. The summed E-state index contributed by atoms with van der Waals surface area (Å²) in [4.78, 5) is 0.236. The number of benzene rings is 3. The van der Waals surface area contributed by atoms with Gasteiger partial charge in [-0.1, -0.05) is 71.7 Å². The Hall–Kier alpha value is -2.05. The Labute approximate surface area is 168 Å². The molecule has 4 nitrogen and oxygen atoms in total. The number of rotatable bonds is 3. The molecular formula is C20H16Cl2N2O2S. The van der Waals surface area contributed by atoms with Crippen LogP contribution in [-0.2, 0) is 16.6 Å². The fourth-order valence-corrected chi connectivity index (χ4v) is 5.49. The Kier molecular flexibility index (Phi) is 4.86. The van der Waals surface area contributed by atoms with Crippen molar-refractivity contribution in [3.8, 4) is 0 Å². The van der Waals surface area contributed by atoms with Crippen molar-refractivity contribution in [2.75, 3.05) is 5.32 Å². The fraction of sp³-hybridized carbons (Fsp3) is 0.100. The van der Waals surface area contributed by atoms with E-state index in [9.17, 15) is 8.42 Å². The normalized spacial score (nSPS) is 18.5. The number of hydrogen-bond donors (Lipinski definition) is 1. The first-order valence-electron chi connectivity index (χ1n) is 8.34. The molecule has 0 radical (unpaired) electrons. The molecule has 138 valence electrons. The quantitative estimate of drug-likeness (QED) is 0.626. The summed E-state index contributed by atoms with van der Waals surface area (Å²) in [7, 11) is -3.76. The summed E-state index contributed by atoms with van der Waals surface area (Å²) in [6.07, 6.45) is -0.716. The molecule has 1 N–H and O–H groups in total. The van der Waals surface area contributed by atoms with Gasteiger partial charge in [0.2, 0.25) is 10.0 Å². The zero-order valence-electron chi connectivity index (χ0n) is 14.1. The highest BCUT2D eigenvalue weighted by Crippen LogP contribution is 2.43. The SMILES string of the molecule is O=S1(=O)c2ccccc2N[C@H](c2c(Cl)cccc2Cl)N1Cc1ccccc1. The predicted octanol–water partition coefficient (Wildman–Crippen LogP) is 5.31. The van der Waals surface area contributed by atoms with Crippen LogP contribution in [0.5, 0.6) is 0 Å². The van der Waals surface area contributed by atoms with E-state index in [1.807, 2.05) is 30.3 Å². The van der Waals surface area contributed by atoms with Crippen LogP contribution in [0.3, 0.4) is 0 Å². The summed E-state index contributed by atoms with van der Waals surface area (Å²) in [6.45, 7) is 0.191. The van der Waals surface area contributed by atoms with Crippen LogP contribution >= 0.6 is 23.2 Å². The first-order valence-corrected chi connectivity index (χ1v) is 10.5. The Morgan fingerprint density at radius 1 is 0.852 bits per heavy atom. The van der Waals surface area contributed by atoms with Gasteiger partial charge in [-0.25, -0.2) is 8.42 Å². The third-order valence-electron chi connectivity index (χ3n) is 4.51. The van der Waals surface area contributed by atoms with Crippen molar-refractivity contribution in [3.05, 3.63) is 94.0 Å². The van der Waals surface area contributed by atoms with E-state index in [-0.39, 0.29) is 11.4 Å². The van der Waals surface area contributed by atoms with Crippen LogP contribution in [0.25, 0.3) is 0 Å². The summed E-state index contributed by atoms with van der Waals surface area (Å²) in [6, 6.07) is 21.4. The molecule has 0 bridgehead atoms. The van der Waals surface area contributed by atoms with Gasteiger partial charge in [-0.2, -0.15) is 4.31 Å². The van der Waals surface area contributed by atoms with E-state index in [0.29, 0.717) is 21.3 Å². The third-order valence-corrected chi connectivity index (χ3v) is 7.04. The molecular weight excluding hydrogens is 403 g/mol. The molecule has 1 atom stereocenters. The Morgan fingerprint density at radius 2 is 1.48 bits per heavy atom. The van der Waals surface area contributed by atoms with Gasteiger partial charge < -0.3 is 5.32 Å². The van der Waals surface area contributed by atoms with Gasteiger partial charge >= 0.3 is 0 Å². The van der Waals surface area contributed by atoms with Gasteiger partial charge in [-0.15, -0.1) is 0 Å². The van der Waals surface area contributed by atoms with E-state index in [1.54, 1.807) is 42.5 Å². The average molecular weight is 419 g/mol. The molecule has 27 heavy (non-hydrogen) atoms. The lowest BCUT2D eigenvalue weighted by Gasteiger charge is -2.38. The molecule has 3 aromatic carbocycles. The summed E-state index contributed by atoms with van der Waals surface area (Å²) in [5.41, 5.74) is 1.94. The van der Waals surface area contributed by atoms with Gasteiger partial charge in [0.15, 0.2) is 0 Å². The molecule has 0 aliphatic carbocycles. The van der Waals surface area contributed by atoms with E-state index in [2.05, 4.69) is 5.32 Å². The van der Waals surface area contributed by atoms with Crippen molar-refractivity contribution in [1.82, 2.24) is 4.31 Å². The second-order valence-electron chi connectivity index (χ2n) is 6.21. The van der Waals surface area contributed by atoms with Crippen molar-refractivity contribution in [2.45, 2.75) is 17.6 Å². The van der Waals surface area contributed by atoms with Crippen LogP contribution in [0.4, 0.5) is 5.69 Å². The summed E-state index contributed by atoms with van der Waals surface area (Å²) in [5.74, 6) is 0. The standard InChI is InChI=1S/C20H16Cl2N2O2S/c21-15-9-6-10-16(22)19(15)20-23-17-11-4-5-12-18(17)27(25,26)24(20)13-14-7-2-1-3-8-14/h1-12,20,23H,13H2/t20-/m0/s1. The Bertz CT molecular complexity index is 1070. The summed E-state index contributed by atoms with van der Waals surface area (Å²) >= 11 is 12.8. The first kappa shape index (κ1) is 18.3. The van der Waals surface area contributed by atoms with Gasteiger partial charge in [0, 0.05) is 22.2 Å². The van der Waals surface area contributed by atoms with E-state index in [4.69, 9.17) is 23.2 Å². The Balaban J connectivity index is 1.90. The lowest BCUT2D eigenvalue weighted by molar-refractivity contribution is 0.336. The number of anilines is 1. The van der Waals surface area contributed by atoms with Gasteiger partial charge in [0.25, 0.3) is 0 Å². The van der Waals surface area contributed by atoms with Gasteiger partial charge in [0.1, 0.15) is 11.1 Å². The number of fused-ring (bicyclic) bond motifs is 1. The zero-order chi connectivity index (χ0) is 19.0. The maximum absolute atomic E-state index is 13.4. The maximum atomic E-state index is 13.4. The number of sulfonamides is 1. The monoisotopic (exact) mass is 418 g/mol. The molecule has 0 fully saturated rings. The highest BCUT2D eigenvalue weighted by Gasteiger charge is 2.40. The smallest absolute Gasteiger partial charge is 0.247 e. The van der Waals surface area contributed by atoms with Gasteiger partial charge in [-0.05, 0) is 29.8 Å². The van der Waals surface area contributed by atoms with Crippen LogP contribution < -0.4 is 5.32 Å². The molecule has 7 heteroatoms. The van der Waals surface area contributed by atoms with Crippen LogP contribution in [-0.4, -0.2) is 12.7 Å². The fourth-order valence-electron chi connectivity index (χ4n) is 3.22. The number of hydrogen-bond acceptors (Lipinski definition) is 3. The molecule has 0 aromatic heterocycles. The largest absolute Gasteiger partial charge is 0.364 e. The maximum Gasteiger partial charge on any atom is 0.247 e. The second-order valence-corrected chi connectivity index (χ2v) is 8.89. The molecule has 1 aliphatic heterocycles. The summed E-state index contributed by atoms with van der Waals surface area (Å²) in [5, 5.41) is 4.12. The van der Waals surface area contributed by atoms with Crippen molar-refractivity contribution in [3.63, 3.8) is 0 Å². The molecule has 0 spiro atoms. The lowest BCUT2D eigenvalue weighted by atomic mass is 10.1. The number of nitrogens with one attached hydrogen (secondary N) is 1. The minimum absolute atomic E-state index is 0.191. The second kappa shape index (κ2) is 7.17. The van der Waals surface area contributed by atoms with Crippen LogP contribution in [0.2, 0.25) is 10.0 Å². The number of halogens is 2. The number of nitrogens with zero attached hydrogens (tertiary/aromatic N) is 1. The molecule has 0 saturated carbocycles. The van der Waals surface area contributed by atoms with Crippen LogP contribution in [0.15, 0.2) is 77.7 Å². The molecule has 0 saturated heterocycles. The first-order chi connectivity index (χ1) is 13.0. The topological polar surface area (TPSA) is 49.4 Å². The number of para-hydroxylation sites is 1. The molecule has 0 amide bonds. The highest BCUT2D eigenvalue weighted by molar-refractivity contribution is 7.89. The van der Waals surface area contributed by atoms with Crippen LogP contribution in [0.1, 0.15) is 17.3 Å². The van der Waals surface area contributed by atoms with Crippen LogP contribution in [0, 0.1) is 0 Å². The summed E-state index contributed by atoms with van der Waals surface area (Å²) < 4.78 is 28.2. The Morgan fingerprint density at radius 3 is 2.19 bits per heavy atom. The van der Waals surface area contributed by atoms with E-state index in [0.717, 1.165) is 5.56 Å². The van der Waals surface area contributed by atoms with Crippen molar-refractivity contribution in [2.24, 2.45) is 0 Å². The third kappa shape index (κ3) is 3.32. The minimum atomic E-state index is -3.76. The average Bonchev–Trinajstić information content (AvgIpc) is 2.65. The van der Waals surface area contributed by atoms with E-state index in [1.165, 1.54) is 4.31 Å². The molecule has 4 rings (SSSR count). The molecule has 1 heterocycles. The molecule has 0 unspecified atom stereocenters. The predicted molar refractivity (Wildman–Crippen MR) is 108 cm³/mol. The molecule has 3 aromatic rings. The van der Waals surface area contributed by atoms with Gasteiger partial charge in [-0.3, -0.25) is 0 Å². The van der Waals surface area contributed by atoms with Crippen molar-refractivity contribution in [1.29, 1.82) is 0 Å². The lowest BCUT2D eigenvalue weighted by Crippen LogP contribution is -2.42. The highest BCUT2D eigenvalue weighted by atomic mass is 35.5. The van der Waals surface area contributed by atoms with Gasteiger partial charge in [0.05, 0.1) is 5.69 Å². The van der Waals surface area contributed by atoms with E-state index >= 15 is 0 Å². The van der Waals surface area contributed by atoms with Crippen molar-refractivity contribution >= 4 is 38.9 Å². The molecule has 1 aliphatic rings. The van der Waals surface area contributed by atoms with Crippen molar-refractivity contribution < 1.29 is 8.42 Å². The van der Waals surface area contributed by atoms with E-state index < -0.39 is 16.2 Å².